The second kappa shape index (κ2) is 5.41. The zero-order valence-corrected chi connectivity index (χ0v) is 13.9. The van der Waals surface area contributed by atoms with Gasteiger partial charge in [-0.15, -0.1) is 10.2 Å². The summed E-state index contributed by atoms with van der Waals surface area (Å²) in [5.74, 6) is 1.82. The number of aromatic nitrogens is 3. The molecule has 0 bridgehead atoms. The summed E-state index contributed by atoms with van der Waals surface area (Å²) < 4.78 is 3.35. The molecule has 0 spiro atoms. The first-order valence-electron chi connectivity index (χ1n) is 7.28. The molecule has 0 amide bonds. The number of hydrogen-bond donors (Lipinski definition) is 1. The van der Waals surface area contributed by atoms with Gasteiger partial charge in [0, 0.05) is 21.3 Å². The molecule has 0 aliphatic heterocycles. The number of nitrogens with zero attached hydrogens (tertiary/aromatic N) is 3. The lowest BCUT2D eigenvalue weighted by Crippen LogP contribution is -2.01. The minimum atomic E-state index is 0.0631. The lowest BCUT2D eigenvalue weighted by atomic mass is 10.2. The van der Waals surface area contributed by atoms with E-state index in [2.05, 4.69) is 30.7 Å². The van der Waals surface area contributed by atoms with Crippen molar-refractivity contribution in [3.05, 3.63) is 34.1 Å². The molecule has 0 radical (unpaired) electrons. The fourth-order valence-electron chi connectivity index (χ4n) is 2.48. The zero-order valence-electron chi connectivity index (χ0n) is 11.5. The maximum atomic E-state index is 9.19. The first kappa shape index (κ1) is 13.8. The topological polar surface area (TPSA) is 50.9 Å². The summed E-state index contributed by atoms with van der Waals surface area (Å²) >= 11 is 5.24. The lowest BCUT2D eigenvalue weighted by molar-refractivity contribution is 0.281. The Hall–Kier alpha value is -0.850. The van der Waals surface area contributed by atoms with Gasteiger partial charge in [-0.25, -0.2) is 0 Å². The average molecular weight is 366 g/mol. The highest BCUT2D eigenvalue weighted by Gasteiger charge is 2.36. The Kier molecular flexibility index (Phi) is 3.55. The van der Waals surface area contributed by atoms with Crippen molar-refractivity contribution in [3.63, 3.8) is 0 Å². The molecule has 2 fully saturated rings. The van der Waals surface area contributed by atoms with Crippen LogP contribution in [0, 0.1) is 0 Å². The van der Waals surface area contributed by atoms with Crippen molar-refractivity contribution in [2.75, 3.05) is 0 Å². The van der Waals surface area contributed by atoms with Gasteiger partial charge in [-0.3, -0.25) is 0 Å². The van der Waals surface area contributed by atoms with Crippen LogP contribution in [0.3, 0.4) is 0 Å². The van der Waals surface area contributed by atoms with Crippen LogP contribution in [0.2, 0.25) is 0 Å². The minimum absolute atomic E-state index is 0.0631. The van der Waals surface area contributed by atoms with Crippen molar-refractivity contribution >= 4 is 27.7 Å². The van der Waals surface area contributed by atoms with E-state index in [-0.39, 0.29) is 6.61 Å². The molecule has 1 aromatic carbocycles. The van der Waals surface area contributed by atoms with Crippen LogP contribution in [0.25, 0.3) is 0 Å². The third kappa shape index (κ3) is 2.76. The highest BCUT2D eigenvalue weighted by molar-refractivity contribution is 9.10. The highest BCUT2D eigenvalue weighted by Crippen LogP contribution is 2.47. The number of aliphatic hydroxyl groups is 1. The predicted molar refractivity (Wildman–Crippen MR) is 84.5 cm³/mol. The first-order valence-corrected chi connectivity index (χ1v) is 8.89. The van der Waals surface area contributed by atoms with E-state index in [4.69, 9.17) is 0 Å². The Morgan fingerprint density at radius 2 is 2.05 bits per heavy atom. The van der Waals surface area contributed by atoms with Crippen LogP contribution in [0.4, 0.5) is 0 Å². The van der Waals surface area contributed by atoms with Crippen LogP contribution in [0.1, 0.15) is 49.0 Å². The smallest absolute Gasteiger partial charge is 0.196 e. The van der Waals surface area contributed by atoms with E-state index in [9.17, 15) is 5.11 Å². The van der Waals surface area contributed by atoms with Crippen LogP contribution < -0.4 is 0 Å². The van der Waals surface area contributed by atoms with E-state index in [0.717, 1.165) is 20.1 Å². The van der Waals surface area contributed by atoms with Crippen molar-refractivity contribution in [2.45, 2.75) is 54.3 Å². The molecule has 110 valence electrons. The molecule has 2 aliphatic carbocycles. The molecule has 21 heavy (non-hydrogen) atoms. The van der Waals surface area contributed by atoms with Gasteiger partial charge in [0.2, 0.25) is 0 Å². The first-order chi connectivity index (χ1) is 10.3. The van der Waals surface area contributed by atoms with Crippen molar-refractivity contribution in [1.82, 2.24) is 14.8 Å². The molecule has 1 heterocycles. The van der Waals surface area contributed by atoms with Gasteiger partial charge < -0.3 is 9.67 Å². The maximum Gasteiger partial charge on any atom is 0.196 e. The Morgan fingerprint density at radius 1 is 1.24 bits per heavy atom. The molecule has 2 aromatic rings. The minimum Gasteiger partial charge on any atom is -0.392 e. The van der Waals surface area contributed by atoms with Crippen LogP contribution in [-0.4, -0.2) is 19.9 Å². The van der Waals surface area contributed by atoms with E-state index >= 15 is 0 Å². The number of halogens is 1. The summed E-state index contributed by atoms with van der Waals surface area (Å²) in [6, 6.07) is 6.55. The molecular weight excluding hydrogens is 350 g/mol. The lowest BCUT2D eigenvalue weighted by Gasteiger charge is -2.09. The van der Waals surface area contributed by atoms with Gasteiger partial charge in [0.1, 0.15) is 5.82 Å². The normalized spacial score (nSPS) is 18.2. The summed E-state index contributed by atoms with van der Waals surface area (Å²) in [6.45, 7) is 0.0631. The second-order valence-electron chi connectivity index (χ2n) is 5.74. The molecule has 0 unspecified atom stereocenters. The van der Waals surface area contributed by atoms with Crippen molar-refractivity contribution < 1.29 is 5.11 Å². The largest absolute Gasteiger partial charge is 0.392 e. The average Bonchev–Trinajstić information content (AvgIpc) is 3.40. The molecule has 1 N–H and O–H groups in total. The van der Waals surface area contributed by atoms with Crippen molar-refractivity contribution in [3.8, 4) is 0 Å². The number of rotatable bonds is 5. The summed E-state index contributed by atoms with van der Waals surface area (Å²) in [6.07, 6.45) is 5.00. The summed E-state index contributed by atoms with van der Waals surface area (Å²) in [5, 5.41) is 19.0. The fraction of sp³-hybridized carbons (Fsp3) is 0.467. The van der Waals surface area contributed by atoms with Crippen LogP contribution in [0.15, 0.2) is 32.7 Å². The number of hydrogen-bond acceptors (Lipinski definition) is 4. The SMILES string of the molecule is OCc1ccc(Sc2nnc(C3CC3)n2C2CC2)c(Br)c1. The summed E-state index contributed by atoms with van der Waals surface area (Å²) in [7, 11) is 0. The van der Waals surface area contributed by atoms with E-state index in [0.29, 0.717) is 12.0 Å². The van der Waals surface area contributed by atoms with E-state index in [1.165, 1.54) is 31.5 Å². The molecular formula is C15H16BrN3OS. The van der Waals surface area contributed by atoms with E-state index in [1.807, 2.05) is 18.2 Å². The monoisotopic (exact) mass is 365 g/mol. The van der Waals surface area contributed by atoms with Gasteiger partial charge in [0.05, 0.1) is 6.61 Å². The predicted octanol–water partition coefficient (Wildman–Crippen LogP) is 3.90. The van der Waals surface area contributed by atoms with Gasteiger partial charge in [0.25, 0.3) is 0 Å². The Balaban J connectivity index is 1.65. The second-order valence-corrected chi connectivity index (χ2v) is 7.60. The molecule has 6 heteroatoms. The summed E-state index contributed by atoms with van der Waals surface area (Å²) in [5.41, 5.74) is 0.911. The molecule has 4 rings (SSSR count). The van der Waals surface area contributed by atoms with Crippen LogP contribution >= 0.6 is 27.7 Å². The molecule has 2 saturated carbocycles. The van der Waals surface area contributed by atoms with Gasteiger partial charge >= 0.3 is 0 Å². The Bertz CT molecular complexity index is 680. The third-order valence-corrected chi connectivity index (χ3v) is 5.88. The molecule has 1 aromatic heterocycles. The van der Waals surface area contributed by atoms with Gasteiger partial charge in [-0.05, 0) is 71.1 Å². The standard InChI is InChI=1S/C15H16BrN3OS/c16-12-7-9(8-20)1-6-13(12)21-15-18-17-14(10-2-3-10)19(15)11-4-5-11/h1,6-7,10-11,20H,2-5,8H2. The number of benzene rings is 1. The highest BCUT2D eigenvalue weighted by atomic mass is 79.9. The molecule has 2 aliphatic rings. The molecule has 0 atom stereocenters. The third-order valence-electron chi connectivity index (χ3n) is 3.93. The quantitative estimate of drug-likeness (QED) is 0.872. The van der Waals surface area contributed by atoms with E-state index in [1.54, 1.807) is 11.8 Å². The molecule has 0 saturated heterocycles. The van der Waals surface area contributed by atoms with Gasteiger partial charge in [0.15, 0.2) is 5.16 Å². The Morgan fingerprint density at radius 3 is 2.67 bits per heavy atom. The maximum absolute atomic E-state index is 9.19. The van der Waals surface area contributed by atoms with Gasteiger partial charge in [-0.2, -0.15) is 0 Å². The van der Waals surface area contributed by atoms with E-state index < -0.39 is 0 Å². The number of aliphatic hydroxyl groups excluding tert-OH is 1. The molecule has 4 nitrogen and oxygen atoms in total. The fourth-order valence-corrected chi connectivity index (χ4v) is 4.06. The Labute approximate surface area is 136 Å². The van der Waals surface area contributed by atoms with Crippen LogP contribution in [-0.2, 0) is 6.61 Å². The zero-order chi connectivity index (χ0) is 14.4. The van der Waals surface area contributed by atoms with Crippen molar-refractivity contribution in [2.24, 2.45) is 0 Å². The van der Waals surface area contributed by atoms with Crippen LogP contribution in [0.5, 0.6) is 0 Å². The van der Waals surface area contributed by atoms with Crippen molar-refractivity contribution in [1.29, 1.82) is 0 Å². The summed E-state index contributed by atoms with van der Waals surface area (Å²) in [4.78, 5) is 1.11. The van der Waals surface area contributed by atoms with Gasteiger partial charge in [-0.1, -0.05) is 6.07 Å².